The van der Waals surface area contributed by atoms with E-state index in [1.54, 1.807) is 24.3 Å². The van der Waals surface area contributed by atoms with Gasteiger partial charge in [-0.3, -0.25) is 4.79 Å². The number of alkyl halides is 2. The van der Waals surface area contributed by atoms with Crippen LogP contribution in [0, 0.1) is 11.3 Å². The van der Waals surface area contributed by atoms with Crippen molar-refractivity contribution in [3.05, 3.63) is 65.7 Å². The summed E-state index contributed by atoms with van der Waals surface area (Å²) in [6.45, 7) is -1.49. The van der Waals surface area contributed by atoms with E-state index < -0.39 is 24.6 Å². The second-order valence-corrected chi connectivity index (χ2v) is 5.54. The summed E-state index contributed by atoms with van der Waals surface area (Å²) in [6, 6.07) is 13.8. The molecular weight excluding hydrogens is 370 g/mol. The number of nitriles is 1. The quantitative estimate of drug-likeness (QED) is 0.578. The Morgan fingerprint density at radius 2 is 1.75 bits per heavy atom. The molecule has 6 nitrogen and oxygen atoms in total. The molecule has 0 saturated carbocycles. The summed E-state index contributed by atoms with van der Waals surface area (Å²) in [5.41, 5.74) is 1.48. The van der Waals surface area contributed by atoms with Crippen LogP contribution in [-0.2, 0) is 14.3 Å². The van der Waals surface area contributed by atoms with Gasteiger partial charge in [-0.25, -0.2) is 4.79 Å². The van der Waals surface area contributed by atoms with E-state index in [4.69, 9.17) is 10.00 Å². The summed E-state index contributed by atoms with van der Waals surface area (Å²) in [5.74, 6) is -1.27. The molecular formula is C20H16F2N2O4. The molecule has 0 radical (unpaired) electrons. The van der Waals surface area contributed by atoms with Crippen LogP contribution in [0.4, 0.5) is 14.5 Å². The minimum Gasteiger partial charge on any atom is -0.449 e. The minimum atomic E-state index is -2.91. The van der Waals surface area contributed by atoms with Crippen LogP contribution in [0.1, 0.15) is 18.1 Å². The number of amides is 1. The van der Waals surface area contributed by atoms with Gasteiger partial charge >= 0.3 is 12.6 Å². The fourth-order valence-corrected chi connectivity index (χ4v) is 2.06. The van der Waals surface area contributed by atoms with E-state index in [1.807, 2.05) is 6.07 Å². The first-order chi connectivity index (χ1) is 13.4. The van der Waals surface area contributed by atoms with Crippen molar-refractivity contribution in [3.8, 4) is 11.8 Å². The lowest BCUT2D eigenvalue weighted by Gasteiger charge is -2.12. The smallest absolute Gasteiger partial charge is 0.387 e. The van der Waals surface area contributed by atoms with Gasteiger partial charge in [0.15, 0.2) is 6.10 Å². The van der Waals surface area contributed by atoms with Crippen LogP contribution in [0.15, 0.2) is 54.6 Å². The van der Waals surface area contributed by atoms with Crippen molar-refractivity contribution in [2.45, 2.75) is 19.6 Å². The number of esters is 1. The summed E-state index contributed by atoms with van der Waals surface area (Å²) in [4.78, 5) is 23.9. The molecule has 0 aliphatic carbocycles. The second-order valence-electron chi connectivity index (χ2n) is 5.54. The third-order valence-electron chi connectivity index (χ3n) is 3.46. The fourth-order valence-electron chi connectivity index (χ4n) is 2.06. The monoisotopic (exact) mass is 386 g/mol. The second kappa shape index (κ2) is 9.83. The van der Waals surface area contributed by atoms with Crippen molar-refractivity contribution in [2.24, 2.45) is 0 Å². The van der Waals surface area contributed by atoms with Crippen molar-refractivity contribution in [1.82, 2.24) is 0 Å². The molecule has 2 rings (SSSR count). The van der Waals surface area contributed by atoms with Gasteiger partial charge in [-0.05, 0) is 55.0 Å². The van der Waals surface area contributed by atoms with Crippen LogP contribution in [0.2, 0.25) is 0 Å². The Morgan fingerprint density at radius 3 is 2.32 bits per heavy atom. The van der Waals surface area contributed by atoms with Gasteiger partial charge in [0.05, 0.1) is 11.6 Å². The maximum absolute atomic E-state index is 12.1. The zero-order valence-electron chi connectivity index (χ0n) is 14.8. The Hall–Kier alpha value is -3.73. The highest BCUT2D eigenvalue weighted by molar-refractivity contribution is 5.96. The molecule has 0 unspecified atom stereocenters. The lowest BCUT2D eigenvalue weighted by molar-refractivity contribution is -0.148. The fraction of sp³-hybridized carbons (Fsp3) is 0.150. The summed E-state index contributed by atoms with van der Waals surface area (Å²) >= 11 is 0. The van der Waals surface area contributed by atoms with E-state index >= 15 is 0 Å². The number of hydrogen-bond donors (Lipinski definition) is 1. The van der Waals surface area contributed by atoms with E-state index in [2.05, 4.69) is 10.1 Å². The molecule has 0 fully saturated rings. The average molecular weight is 386 g/mol. The number of anilines is 1. The van der Waals surface area contributed by atoms with Crippen molar-refractivity contribution >= 4 is 23.6 Å². The normalized spacial score (nSPS) is 11.7. The van der Waals surface area contributed by atoms with Gasteiger partial charge in [-0.2, -0.15) is 14.0 Å². The highest BCUT2D eigenvalue weighted by Crippen LogP contribution is 2.16. The third kappa shape index (κ3) is 6.53. The summed E-state index contributed by atoms with van der Waals surface area (Å²) in [5, 5.41) is 11.3. The molecule has 8 heteroatoms. The number of carbonyl (C=O) groups is 2. The predicted octanol–water partition coefficient (Wildman–Crippen LogP) is 3.74. The molecule has 0 aliphatic rings. The molecule has 2 aromatic carbocycles. The SMILES string of the molecule is C[C@@H](OC(=O)/C=C/c1ccc(OC(F)F)cc1)C(=O)Nc1ccc(C#N)cc1. The van der Waals surface area contributed by atoms with Crippen LogP contribution in [0.3, 0.4) is 0 Å². The van der Waals surface area contributed by atoms with E-state index in [-0.39, 0.29) is 5.75 Å². The Morgan fingerprint density at radius 1 is 1.11 bits per heavy atom. The Labute approximate surface area is 160 Å². The molecule has 1 N–H and O–H groups in total. The highest BCUT2D eigenvalue weighted by atomic mass is 19.3. The molecule has 2 aromatic rings. The van der Waals surface area contributed by atoms with E-state index in [1.165, 1.54) is 37.3 Å². The van der Waals surface area contributed by atoms with Gasteiger partial charge in [-0.1, -0.05) is 12.1 Å². The van der Waals surface area contributed by atoms with Gasteiger partial charge in [-0.15, -0.1) is 0 Å². The van der Waals surface area contributed by atoms with Crippen LogP contribution in [0.25, 0.3) is 6.08 Å². The Balaban J connectivity index is 1.86. The maximum Gasteiger partial charge on any atom is 0.387 e. The first-order valence-electron chi connectivity index (χ1n) is 8.12. The van der Waals surface area contributed by atoms with E-state index in [0.717, 1.165) is 6.08 Å². The number of benzene rings is 2. The van der Waals surface area contributed by atoms with E-state index in [9.17, 15) is 18.4 Å². The number of nitrogens with zero attached hydrogens (tertiary/aromatic N) is 1. The molecule has 28 heavy (non-hydrogen) atoms. The number of hydrogen-bond acceptors (Lipinski definition) is 5. The summed E-state index contributed by atoms with van der Waals surface area (Å²) in [7, 11) is 0. The van der Waals surface area contributed by atoms with Crippen LogP contribution in [0.5, 0.6) is 5.75 Å². The Bertz CT molecular complexity index is 888. The molecule has 0 spiro atoms. The van der Waals surface area contributed by atoms with Crippen molar-refractivity contribution in [1.29, 1.82) is 5.26 Å². The zero-order chi connectivity index (χ0) is 20.5. The maximum atomic E-state index is 12.1. The third-order valence-corrected chi connectivity index (χ3v) is 3.46. The zero-order valence-corrected chi connectivity index (χ0v) is 14.8. The molecule has 0 heterocycles. The number of carbonyl (C=O) groups excluding carboxylic acids is 2. The van der Waals surface area contributed by atoms with Crippen molar-refractivity contribution in [3.63, 3.8) is 0 Å². The molecule has 0 aliphatic heterocycles. The van der Waals surface area contributed by atoms with Crippen LogP contribution >= 0.6 is 0 Å². The number of halogens is 2. The molecule has 0 saturated heterocycles. The molecule has 0 bridgehead atoms. The van der Waals surface area contributed by atoms with E-state index in [0.29, 0.717) is 16.8 Å². The van der Waals surface area contributed by atoms with Gasteiger partial charge in [0.1, 0.15) is 5.75 Å². The number of ether oxygens (including phenoxy) is 2. The van der Waals surface area contributed by atoms with Gasteiger partial charge < -0.3 is 14.8 Å². The van der Waals surface area contributed by atoms with Gasteiger partial charge in [0.2, 0.25) is 0 Å². The lowest BCUT2D eigenvalue weighted by Crippen LogP contribution is -2.29. The Kier molecular flexibility index (Phi) is 7.22. The predicted molar refractivity (Wildman–Crippen MR) is 97.4 cm³/mol. The molecule has 0 aromatic heterocycles. The molecule has 1 atom stereocenters. The first kappa shape index (κ1) is 20.6. The number of nitrogens with one attached hydrogen (secondary N) is 1. The molecule has 144 valence electrons. The average Bonchev–Trinajstić information content (AvgIpc) is 2.67. The van der Waals surface area contributed by atoms with Crippen LogP contribution in [-0.4, -0.2) is 24.6 Å². The number of rotatable bonds is 7. The van der Waals surface area contributed by atoms with Crippen molar-refractivity contribution in [2.75, 3.05) is 5.32 Å². The first-order valence-corrected chi connectivity index (χ1v) is 8.12. The minimum absolute atomic E-state index is 0.00261. The summed E-state index contributed by atoms with van der Waals surface area (Å²) in [6.07, 6.45) is 1.49. The van der Waals surface area contributed by atoms with Gasteiger partial charge in [0, 0.05) is 11.8 Å². The standard InChI is InChI=1S/C20H16F2N2O4/c1-13(19(26)24-16-7-2-15(12-23)3-8-16)27-18(25)11-6-14-4-9-17(10-5-14)28-20(21)22/h2-11,13,20H,1H3,(H,24,26)/b11-6+/t13-/m1/s1. The largest absolute Gasteiger partial charge is 0.449 e. The molecule has 1 amide bonds. The highest BCUT2D eigenvalue weighted by Gasteiger charge is 2.16. The van der Waals surface area contributed by atoms with Crippen LogP contribution < -0.4 is 10.1 Å². The van der Waals surface area contributed by atoms with Crippen molar-refractivity contribution < 1.29 is 27.8 Å². The lowest BCUT2D eigenvalue weighted by atomic mass is 10.2. The summed E-state index contributed by atoms with van der Waals surface area (Å²) < 4.78 is 33.4. The van der Waals surface area contributed by atoms with Gasteiger partial charge in [0.25, 0.3) is 5.91 Å². The topological polar surface area (TPSA) is 88.4 Å².